The molecule has 0 aliphatic carbocycles. The molecule has 0 spiro atoms. The molecule has 0 saturated heterocycles. The average Bonchev–Trinajstić information content (AvgIpc) is 2.70. The molecule has 0 radical (unpaired) electrons. The van der Waals surface area contributed by atoms with Crippen LogP contribution in [-0.4, -0.2) is 18.5 Å². The minimum absolute atomic E-state index is 0.206. The highest BCUT2D eigenvalue weighted by molar-refractivity contribution is 7.10. The van der Waals surface area contributed by atoms with E-state index in [4.69, 9.17) is 4.74 Å². The van der Waals surface area contributed by atoms with Crippen molar-refractivity contribution in [3.8, 4) is 0 Å². The zero-order valence-corrected chi connectivity index (χ0v) is 10.2. The first kappa shape index (κ1) is 12.4. The molecule has 1 atom stereocenters. The summed E-state index contributed by atoms with van der Waals surface area (Å²) in [6.07, 6.45) is 2.13. The van der Waals surface area contributed by atoms with Gasteiger partial charge in [-0.1, -0.05) is 19.4 Å². The van der Waals surface area contributed by atoms with Crippen molar-refractivity contribution in [3.63, 3.8) is 0 Å². The van der Waals surface area contributed by atoms with Crippen LogP contribution in [0.25, 0.3) is 0 Å². The van der Waals surface area contributed by atoms with E-state index in [-0.39, 0.29) is 11.9 Å². The summed E-state index contributed by atoms with van der Waals surface area (Å²) >= 11 is 1.63. The third-order valence-electron chi connectivity index (χ3n) is 2.21. The van der Waals surface area contributed by atoms with Crippen molar-refractivity contribution >= 4 is 17.1 Å². The van der Waals surface area contributed by atoms with Gasteiger partial charge in [-0.25, -0.2) is 0 Å². The normalized spacial score (nSPS) is 12.7. The Morgan fingerprint density at radius 2 is 2.33 bits per heavy atom. The van der Waals surface area contributed by atoms with Crippen molar-refractivity contribution in [1.29, 1.82) is 0 Å². The third kappa shape index (κ3) is 4.14. The van der Waals surface area contributed by atoms with Gasteiger partial charge in [0.15, 0.2) is 5.78 Å². The number of ether oxygens (including phenoxy) is 1. The summed E-state index contributed by atoms with van der Waals surface area (Å²) in [5, 5.41) is 2.00. The average molecular weight is 226 g/mol. The molecule has 0 aliphatic rings. The Morgan fingerprint density at radius 3 is 2.87 bits per heavy atom. The summed E-state index contributed by atoms with van der Waals surface area (Å²) in [5.41, 5.74) is 0. The van der Waals surface area contributed by atoms with Crippen molar-refractivity contribution in [2.45, 2.75) is 39.2 Å². The van der Waals surface area contributed by atoms with E-state index in [0.717, 1.165) is 17.7 Å². The SMILES string of the molecule is CCCC(OCC)C(=O)Cc1cccs1. The first-order chi connectivity index (χ1) is 7.27. The van der Waals surface area contributed by atoms with Crippen LogP contribution in [0.2, 0.25) is 0 Å². The summed E-state index contributed by atoms with van der Waals surface area (Å²) in [4.78, 5) is 13.0. The smallest absolute Gasteiger partial charge is 0.166 e. The number of Topliss-reactive ketones (excluding diaryl/α,β-unsaturated/α-hetero) is 1. The molecule has 0 amide bonds. The van der Waals surface area contributed by atoms with Crippen molar-refractivity contribution < 1.29 is 9.53 Å². The van der Waals surface area contributed by atoms with Crippen LogP contribution in [0.1, 0.15) is 31.6 Å². The number of hydrogen-bond donors (Lipinski definition) is 0. The molecule has 0 N–H and O–H groups in total. The van der Waals surface area contributed by atoms with Crippen molar-refractivity contribution in [2.75, 3.05) is 6.61 Å². The Hall–Kier alpha value is -0.670. The standard InChI is InChI=1S/C12H18O2S/c1-3-6-12(14-4-2)11(13)9-10-7-5-8-15-10/h5,7-8,12H,3-4,6,9H2,1-2H3. The minimum Gasteiger partial charge on any atom is -0.371 e. The number of ketones is 1. The van der Waals surface area contributed by atoms with E-state index in [1.54, 1.807) is 11.3 Å². The third-order valence-corrected chi connectivity index (χ3v) is 3.08. The maximum absolute atomic E-state index is 11.9. The Bertz CT molecular complexity index is 274. The van der Waals surface area contributed by atoms with Gasteiger partial charge < -0.3 is 4.74 Å². The van der Waals surface area contributed by atoms with Crippen LogP contribution >= 0.6 is 11.3 Å². The van der Waals surface area contributed by atoms with Crippen molar-refractivity contribution in [2.24, 2.45) is 0 Å². The Morgan fingerprint density at radius 1 is 1.53 bits per heavy atom. The van der Waals surface area contributed by atoms with Gasteiger partial charge in [0.05, 0.1) is 0 Å². The van der Waals surface area contributed by atoms with Gasteiger partial charge in [0.2, 0.25) is 0 Å². The van der Waals surface area contributed by atoms with E-state index in [9.17, 15) is 4.79 Å². The summed E-state index contributed by atoms with van der Waals surface area (Å²) in [5.74, 6) is 0.209. The lowest BCUT2D eigenvalue weighted by Crippen LogP contribution is -2.25. The number of rotatable bonds is 7. The topological polar surface area (TPSA) is 26.3 Å². The maximum Gasteiger partial charge on any atom is 0.166 e. The fraction of sp³-hybridized carbons (Fsp3) is 0.583. The molecular weight excluding hydrogens is 208 g/mol. The molecule has 1 unspecified atom stereocenters. The largest absolute Gasteiger partial charge is 0.371 e. The summed E-state index contributed by atoms with van der Waals surface area (Å²) in [7, 11) is 0. The fourth-order valence-electron chi connectivity index (χ4n) is 1.50. The van der Waals surface area contributed by atoms with Crippen LogP contribution in [-0.2, 0) is 16.0 Å². The zero-order chi connectivity index (χ0) is 11.1. The van der Waals surface area contributed by atoms with Gasteiger partial charge in [-0.3, -0.25) is 4.79 Å². The highest BCUT2D eigenvalue weighted by atomic mass is 32.1. The quantitative estimate of drug-likeness (QED) is 0.714. The molecule has 1 rings (SSSR count). The van der Waals surface area contributed by atoms with Crippen LogP contribution in [0.15, 0.2) is 17.5 Å². The molecule has 1 aromatic heterocycles. The number of hydrogen-bond acceptors (Lipinski definition) is 3. The van der Waals surface area contributed by atoms with Crippen LogP contribution in [0.5, 0.6) is 0 Å². The lowest BCUT2D eigenvalue weighted by Gasteiger charge is -2.14. The number of carbonyl (C=O) groups is 1. The molecule has 15 heavy (non-hydrogen) atoms. The number of carbonyl (C=O) groups excluding carboxylic acids is 1. The molecule has 0 aromatic carbocycles. The van der Waals surface area contributed by atoms with Crippen LogP contribution < -0.4 is 0 Å². The Kier molecular flexibility index (Phi) is 5.58. The lowest BCUT2D eigenvalue weighted by atomic mass is 10.1. The van der Waals surface area contributed by atoms with Gasteiger partial charge in [-0.15, -0.1) is 11.3 Å². The summed E-state index contributed by atoms with van der Waals surface area (Å²) in [6.45, 7) is 4.62. The van der Waals surface area contributed by atoms with Crippen molar-refractivity contribution in [3.05, 3.63) is 22.4 Å². The molecule has 0 fully saturated rings. The lowest BCUT2D eigenvalue weighted by molar-refractivity contribution is -0.130. The summed E-state index contributed by atoms with van der Waals surface area (Å²) in [6, 6.07) is 3.97. The van der Waals surface area contributed by atoms with Crippen LogP contribution in [0, 0.1) is 0 Å². The second kappa shape index (κ2) is 6.75. The predicted molar refractivity (Wildman–Crippen MR) is 63.4 cm³/mol. The molecule has 2 nitrogen and oxygen atoms in total. The van der Waals surface area contributed by atoms with Gasteiger partial charge in [0, 0.05) is 17.9 Å². The molecule has 0 aliphatic heterocycles. The Balaban J connectivity index is 2.48. The molecule has 0 saturated carbocycles. The van der Waals surface area contributed by atoms with Gasteiger partial charge in [-0.05, 0) is 24.8 Å². The van der Waals surface area contributed by atoms with E-state index in [1.165, 1.54) is 0 Å². The van der Waals surface area contributed by atoms with Crippen molar-refractivity contribution in [1.82, 2.24) is 0 Å². The molecular formula is C12H18O2S. The minimum atomic E-state index is -0.206. The first-order valence-electron chi connectivity index (χ1n) is 5.44. The second-order valence-electron chi connectivity index (χ2n) is 3.46. The van der Waals surface area contributed by atoms with E-state index in [2.05, 4.69) is 6.92 Å². The number of thiophene rings is 1. The van der Waals surface area contributed by atoms with E-state index >= 15 is 0 Å². The molecule has 84 valence electrons. The van der Waals surface area contributed by atoms with E-state index in [1.807, 2.05) is 24.4 Å². The molecule has 1 heterocycles. The van der Waals surface area contributed by atoms with Gasteiger partial charge in [0.1, 0.15) is 6.10 Å². The maximum atomic E-state index is 11.9. The zero-order valence-electron chi connectivity index (χ0n) is 9.36. The van der Waals surface area contributed by atoms with Crippen LogP contribution in [0.3, 0.4) is 0 Å². The van der Waals surface area contributed by atoms with Gasteiger partial charge >= 0.3 is 0 Å². The highest BCUT2D eigenvalue weighted by Gasteiger charge is 2.17. The van der Waals surface area contributed by atoms with E-state index < -0.39 is 0 Å². The monoisotopic (exact) mass is 226 g/mol. The molecule has 3 heteroatoms. The molecule has 1 aromatic rings. The predicted octanol–water partition coefficient (Wildman–Crippen LogP) is 3.06. The highest BCUT2D eigenvalue weighted by Crippen LogP contribution is 2.13. The molecule has 0 bridgehead atoms. The first-order valence-corrected chi connectivity index (χ1v) is 6.32. The van der Waals surface area contributed by atoms with Gasteiger partial charge in [-0.2, -0.15) is 0 Å². The summed E-state index contributed by atoms with van der Waals surface area (Å²) < 4.78 is 5.45. The van der Waals surface area contributed by atoms with Gasteiger partial charge in [0.25, 0.3) is 0 Å². The van der Waals surface area contributed by atoms with Crippen LogP contribution in [0.4, 0.5) is 0 Å². The fourth-order valence-corrected chi connectivity index (χ4v) is 2.21. The Labute approximate surface area is 95.3 Å². The second-order valence-corrected chi connectivity index (χ2v) is 4.49. The van der Waals surface area contributed by atoms with E-state index in [0.29, 0.717) is 13.0 Å².